The van der Waals surface area contributed by atoms with Crippen molar-refractivity contribution >= 4 is 39.8 Å². The van der Waals surface area contributed by atoms with Crippen LogP contribution in [0.2, 0.25) is 5.28 Å². The van der Waals surface area contributed by atoms with Gasteiger partial charge in [-0.1, -0.05) is 20.3 Å². The number of hydrogen-bond acceptors (Lipinski definition) is 5. The Bertz CT molecular complexity index is 924. The lowest BCUT2D eigenvalue weighted by Gasteiger charge is -2.22. The molecule has 1 saturated heterocycles. The number of nitrogens with one attached hydrogen (secondary N) is 2. The highest BCUT2D eigenvalue weighted by Crippen LogP contribution is 2.30. The van der Waals surface area contributed by atoms with Gasteiger partial charge in [0.2, 0.25) is 5.28 Å². The number of halogens is 1. The van der Waals surface area contributed by atoms with Crippen molar-refractivity contribution < 1.29 is 0 Å². The molecule has 0 bridgehead atoms. The van der Waals surface area contributed by atoms with Gasteiger partial charge in [-0.25, -0.2) is 9.97 Å². The Morgan fingerprint density at radius 1 is 1.22 bits per heavy atom. The number of rotatable bonds is 4. The maximum atomic E-state index is 6.23. The summed E-state index contributed by atoms with van der Waals surface area (Å²) in [7, 11) is 0. The monoisotopic (exact) mass is 384 g/mol. The van der Waals surface area contributed by atoms with Crippen molar-refractivity contribution in [2.45, 2.75) is 33.1 Å². The molecule has 1 fully saturated rings. The van der Waals surface area contributed by atoms with Crippen LogP contribution in [0.3, 0.4) is 0 Å². The zero-order valence-corrected chi connectivity index (χ0v) is 16.5. The van der Waals surface area contributed by atoms with Crippen molar-refractivity contribution in [2.24, 2.45) is 11.8 Å². The SMILES string of the molecule is CCC1CCN(c2cc(Nc3ccc4[nH]ncc4c3)nc(Cl)n2)CCC1C. The van der Waals surface area contributed by atoms with Gasteiger partial charge >= 0.3 is 0 Å². The molecule has 1 aliphatic rings. The van der Waals surface area contributed by atoms with Crippen molar-refractivity contribution in [3.05, 3.63) is 35.7 Å². The number of anilines is 3. The van der Waals surface area contributed by atoms with Gasteiger partial charge in [-0.3, -0.25) is 5.10 Å². The minimum atomic E-state index is 0.267. The highest BCUT2D eigenvalue weighted by molar-refractivity contribution is 6.28. The van der Waals surface area contributed by atoms with E-state index in [1.54, 1.807) is 6.20 Å². The van der Waals surface area contributed by atoms with Gasteiger partial charge in [0.15, 0.2) is 0 Å². The van der Waals surface area contributed by atoms with Crippen LogP contribution in [0.5, 0.6) is 0 Å². The molecule has 0 aliphatic carbocycles. The van der Waals surface area contributed by atoms with E-state index in [4.69, 9.17) is 11.6 Å². The van der Waals surface area contributed by atoms with Crippen LogP contribution in [0, 0.1) is 11.8 Å². The van der Waals surface area contributed by atoms with Crippen molar-refractivity contribution in [2.75, 3.05) is 23.3 Å². The predicted octanol–water partition coefficient (Wildman–Crippen LogP) is 5.01. The highest BCUT2D eigenvalue weighted by Gasteiger charge is 2.23. The average molecular weight is 385 g/mol. The van der Waals surface area contributed by atoms with Gasteiger partial charge in [0.05, 0.1) is 11.7 Å². The molecule has 4 rings (SSSR count). The van der Waals surface area contributed by atoms with Crippen LogP contribution < -0.4 is 10.2 Å². The normalized spacial score (nSPS) is 20.6. The molecule has 6 nitrogen and oxygen atoms in total. The Labute approximate surface area is 164 Å². The van der Waals surface area contributed by atoms with Gasteiger partial charge in [0, 0.05) is 30.2 Å². The van der Waals surface area contributed by atoms with Crippen LogP contribution in [-0.2, 0) is 0 Å². The molecule has 0 radical (unpaired) electrons. The molecule has 3 heterocycles. The second kappa shape index (κ2) is 7.72. The lowest BCUT2D eigenvalue weighted by atomic mass is 9.88. The van der Waals surface area contributed by atoms with Gasteiger partial charge < -0.3 is 10.2 Å². The third-order valence-electron chi connectivity index (χ3n) is 5.68. The number of aromatic nitrogens is 4. The Morgan fingerprint density at radius 2 is 2.07 bits per heavy atom. The molecule has 2 unspecified atom stereocenters. The van der Waals surface area contributed by atoms with Gasteiger partial charge in [-0.05, 0) is 54.5 Å². The molecule has 3 aromatic rings. The zero-order chi connectivity index (χ0) is 18.8. The summed E-state index contributed by atoms with van der Waals surface area (Å²) in [4.78, 5) is 11.2. The van der Waals surface area contributed by atoms with Crippen LogP contribution in [0.15, 0.2) is 30.5 Å². The number of aromatic amines is 1. The minimum absolute atomic E-state index is 0.267. The largest absolute Gasteiger partial charge is 0.356 e. The van der Waals surface area contributed by atoms with Gasteiger partial charge in [-0.2, -0.15) is 5.10 Å². The van der Waals surface area contributed by atoms with Gasteiger partial charge in [0.1, 0.15) is 11.6 Å². The number of hydrogen-bond donors (Lipinski definition) is 2. The molecule has 7 heteroatoms. The number of benzene rings is 1. The molecule has 1 aromatic carbocycles. The lowest BCUT2D eigenvalue weighted by Crippen LogP contribution is -2.25. The van der Waals surface area contributed by atoms with E-state index in [9.17, 15) is 0 Å². The molecule has 2 N–H and O–H groups in total. The van der Waals surface area contributed by atoms with E-state index in [-0.39, 0.29) is 5.28 Å². The van der Waals surface area contributed by atoms with Crippen molar-refractivity contribution in [1.29, 1.82) is 0 Å². The first-order chi connectivity index (χ1) is 13.1. The molecule has 0 amide bonds. The third-order valence-corrected chi connectivity index (χ3v) is 5.84. The molecule has 2 atom stereocenters. The Morgan fingerprint density at radius 3 is 2.93 bits per heavy atom. The molecule has 142 valence electrons. The summed E-state index contributed by atoms with van der Waals surface area (Å²) in [6, 6.07) is 8.02. The molecular formula is C20H25ClN6. The lowest BCUT2D eigenvalue weighted by molar-refractivity contribution is 0.338. The van der Waals surface area contributed by atoms with E-state index >= 15 is 0 Å². The second-order valence-corrected chi connectivity index (χ2v) is 7.73. The van der Waals surface area contributed by atoms with Gasteiger partial charge in [-0.15, -0.1) is 0 Å². The van der Waals surface area contributed by atoms with Crippen LogP contribution in [0.4, 0.5) is 17.3 Å². The summed E-state index contributed by atoms with van der Waals surface area (Å²) in [5.74, 6) is 3.13. The summed E-state index contributed by atoms with van der Waals surface area (Å²) >= 11 is 6.23. The molecule has 1 aliphatic heterocycles. The van der Waals surface area contributed by atoms with Crippen LogP contribution >= 0.6 is 11.6 Å². The summed E-state index contributed by atoms with van der Waals surface area (Å²) in [5.41, 5.74) is 1.95. The maximum absolute atomic E-state index is 6.23. The molecule has 2 aromatic heterocycles. The highest BCUT2D eigenvalue weighted by atomic mass is 35.5. The second-order valence-electron chi connectivity index (χ2n) is 7.39. The Kier molecular flexibility index (Phi) is 5.16. The fourth-order valence-electron chi connectivity index (χ4n) is 3.95. The number of nitrogens with zero attached hydrogens (tertiary/aromatic N) is 4. The molecular weight excluding hydrogens is 360 g/mol. The van der Waals surface area contributed by atoms with Crippen LogP contribution in [0.1, 0.15) is 33.1 Å². The van der Waals surface area contributed by atoms with Crippen molar-refractivity contribution in [3.8, 4) is 0 Å². The van der Waals surface area contributed by atoms with Crippen molar-refractivity contribution in [1.82, 2.24) is 20.2 Å². The average Bonchev–Trinajstić information content (AvgIpc) is 3.03. The molecule has 0 saturated carbocycles. The summed E-state index contributed by atoms with van der Waals surface area (Å²) in [6.07, 6.45) is 5.42. The maximum Gasteiger partial charge on any atom is 0.226 e. The fourth-order valence-corrected chi connectivity index (χ4v) is 4.13. The third kappa shape index (κ3) is 4.00. The van der Waals surface area contributed by atoms with E-state index in [0.29, 0.717) is 5.82 Å². The molecule has 0 spiro atoms. The predicted molar refractivity (Wildman–Crippen MR) is 111 cm³/mol. The van der Waals surface area contributed by atoms with Crippen LogP contribution in [-0.4, -0.2) is 33.3 Å². The quantitative estimate of drug-likeness (QED) is 0.618. The first kappa shape index (κ1) is 18.0. The van der Waals surface area contributed by atoms with E-state index in [1.807, 2.05) is 24.3 Å². The number of H-pyrrole nitrogens is 1. The summed E-state index contributed by atoms with van der Waals surface area (Å²) in [5, 5.41) is 11.7. The smallest absolute Gasteiger partial charge is 0.226 e. The Hall–Kier alpha value is -2.34. The minimum Gasteiger partial charge on any atom is -0.356 e. The van der Waals surface area contributed by atoms with Gasteiger partial charge in [0.25, 0.3) is 0 Å². The summed E-state index contributed by atoms with van der Waals surface area (Å²) in [6.45, 7) is 6.67. The van der Waals surface area contributed by atoms with E-state index in [1.165, 1.54) is 19.3 Å². The topological polar surface area (TPSA) is 69.7 Å². The van der Waals surface area contributed by atoms with E-state index in [2.05, 4.69) is 44.2 Å². The number of fused-ring (bicyclic) bond motifs is 1. The first-order valence-corrected chi connectivity index (χ1v) is 10.00. The van der Waals surface area contributed by atoms with E-state index < -0.39 is 0 Å². The van der Waals surface area contributed by atoms with Crippen molar-refractivity contribution in [3.63, 3.8) is 0 Å². The van der Waals surface area contributed by atoms with Crippen LogP contribution in [0.25, 0.3) is 10.9 Å². The standard InChI is InChI=1S/C20H25ClN6/c1-3-14-7-9-27(8-6-13(14)2)19-11-18(24-20(21)25-19)23-16-4-5-17-15(10-16)12-22-26-17/h4-5,10-14H,3,6-9H2,1-2H3,(H,22,26)(H,23,24,25). The zero-order valence-electron chi connectivity index (χ0n) is 15.7. The first-order valence-electron chi connectivity index (χ1n) is 9.62. The Balaban J connectivity index is 1.55. The van der Waals surface area contributed by atoms with E-state index in [0.717, 1.165) is 47.3 Å². The summed E-state index contributed by atoms with van der Waals surface area (Å²) < 4.78 is 0. The fraction of sp³-hybridized carbons (Fsp3) is 0.450. The molecule has 27 heavy (non-hydrogen) atoms.